The van der Waals surface area contributed by atoms with Gasteiger partial charge in [0.05, 0.1) is 0 Å². The molecule has 0 saturated heterocycles. The summed E-state index contributed by atoms with van der Waals surface area (Å²) in [6.45, 7) is 19.5. The second-order valence-corrected chi connectivity index (χ2v) is 22.1. The highest BCUT2D eigenvalue weighted by Crippen LogP contribution is 2.52. The molecule has 4 aliphatic rings. The molecule has 3 heteroatoms. The molecule has 1 radical (unpaired) electrons. The molecule has 1 heterocycles. The maximum atomic E-state index is 4.15. The number of anilines is 5. The lowest BCUT2D eigenvalue weighted by Gasteiger charge is -2.43. The Morgan fingerprint density at radius 3 is 1.88 bits per heavy atom. The van der Waals surface area contributed by atoms with Crippen LogP contribution in [0.3, 0.4) is 0 Å². The van der Waals surface area contributed by atoms with Gasteiger partial charge in [0.1, 0.15) is 0 Å². The van der Waals surface area contributed by atoms with Crippen molar-refractivity contribution in [2.45, 2.75) is 116 Å². The van der Waals surface area contributed by atoms with Crippen molar-refractivity contribution in [1.29, 1.82) is 0 Å². The molecule has 323 valence electrons. The van der Waals surface area contributed by atoms with Crippen LogP contribution in [0.5, 0.6) is 0 Å². The van der Waals surface area contributed by atoms with Gasteiger partial charge in [-0.15, -0.1) is 0 Å². The van der Waals surface area contributed by atoms with Gasteiger partial charge in [-0.1, -0.05) is 164 Å². The van der Waals surface area contributed by atoms with Crippen LogP contribution in [0, 0.1) is 0 Å². The predicted molar refractivity (Wildman–Crippen MR) is 281 cm³/mol. The van der Waals surface area contributed by atoms with E-state index in [9.17, 15) is 0 Å². The maximum absolute atomic E-state index is 4.15. The summed E-state index contributed by atoms with van der Waals surface area (Å²) >= 11 is 0. The Bertz CT molecular complexity index is 3090. The Morgan fingerprint density at radius 1 is 0.523 bits per heavy atom. The minimum atomic E-state index is 0.0358. The highest BCUT2D eigenvalue weighted by Gasteiger charge is 2.40. The molecule has 7 aromatic carbocycles. The standard InChI is InChI=1S/C62H62BN2/c1-59(2)31-32-60(3,4)51-37-45(26-29-50(51)59)64-55-39-53-52(61(5,6)33-34-62(53,7)8)38-48(55)49-35-44-21-15-16-22-47(44)58-57(49)63-54-36-43(41-19-13-10-14-20-41)25-30-56(54)65(58)46-27-23-42(24-28-46)40-17-11-9-12-18-40/h10-11,13-30,35-39,64H,9,12,31-34H2,1-8H3. The SMILES string of the molecule is CC1(C)CCC(C)(C)c2cc(Nc3cc4c(cc3-c3cc5ccccc5c5c3[B]c3cc(-c6ccccc6)ccc3N5c3ccc(C5=CCCC=C5)cc3)C(C)(C)CCC4(C)C)ccc21. The molecule has 3 aliphatic carbocycles. The molecule has 2 nitrogen and oxygen atoms in total. The number of benzene rings is 7. The second-order valence-electron chi connectivity index (χ2n) is 22.1. The van der Waals surface area contributed by atoms with Crippen LogP contribution in [-0.2, 0) is 21.7 Å². The predicted octanol–water partition coefficient (Wildman–Crippen LogP) is 15.8. The van der Waals surface area contributed by atoms with Crippen LogP contribution in [-0.4, -0.2) is 7.28 Å². The summed E-state index contributed by atoms with van der Waals surface area (Å²) in [5.41, 5.74) is 22.1. The normalized spacial score (nSPS) is 18.4. The van der Waals surface area contributed by atoms with Gasteiger partial charge in [-0.25, -0.2) is 0 Å². The highest BCUT2D eigenvalue weighted by molar-refractivity contribution is 6.74. The summed E-state index contributed by atoms with van der Waals surface area (Å²) in [7, 11) is 2.49. The van der Waals surface area contributed by atoms with E-state index in [-0.39, 0.29) is 21.7 Å². The van der Waals surface area contributed by atoms with Crippen LogP contribution in [0.1, 0.15) is 122 Å². The van der Waals surface area contributed by atoms with Crippen molar-refractivity contribution in [2.24, 2.45) is 0 Å². The number of hydrogen-bond acceptors (Lipinski definition) is 2. The quantitative estimate of drug-likeness (QED) is 0.168. The fourth-order valence-corrected chi connectivity index (χ4v) is 11.6. The number of nitrogens with one attached hydrogen (secondary N) is 1. The van der Waals surface area contributed by atoms with Gasteiger partial charge in [0.2, 0.25) is 0 Å². The van der Waals surface area contributed by atoms with E-state index in [2.05, 4.69) is 225 Å². The van der Waals surface area contributed by atoms with E-state index in [1.165, 1.54) is 107 Å². The number of rotatable bonds is 6. The van der Waals surface area contributed by atoms with Crippen molar-refractivity contribution in [2.75, 3.05) is 10.2 Å². The zero-order valence-corrected chi connectivity index (χ0v) is 39.7. The molecule has 1 N–H and O–H groups in total. The highest BCUT2D eigenvalue weighted by atomic mass is 15.2. The molecule has 11 rings (SSSR count). The summed E-state index contributed by atoms with van der Waals surface area (Å²) in [6, 6.07) is 51.0. The molecule has 0 bridgehead atoms. The molecule has 0 spiro atoms. The molecule has 0 unspecified atom stereocenters. The minimum absolute atomic E-state index is 0.0358. The summed E-state index contributed by atoms with van der Waals surface area (Å²) in [5, 5.41) is 6.63. The van der Waals surface area contributed by atoms with Crippen LogP contribution in [0.15, 0.2) is 152 Å². The Hall–Kier alpha value is -6.06. The number of hydrogen-bond donors (Lipinski definition) is 1. The lowest BCUT2D eigenvalue weighted by molar-refractivity contribution is 0.332. The van der Waals surface area contributed by atoms with Gasteiger partial charge in [-0.05, 0) is 170 Å². The first-order valence-electron chi connectivity index (χ1n) is 24.2. The lowest BCUT2D eigenvalue weighted by Crippen LogP contribution is -2.41. The van der Waals surface area contributed by atoms with E-state index >= 15 is 0 Å². The number of allylic oxidation sites excluding steroid dienone is 4. The van der Waals surface area contributed by atoms with Crippen molar-refractivity contribution in [3.05, 3.63) is 180 Å². The third-order valence-corrected chi connectivity index (χ3v) is 15.8. The summed E-state index contributed by atoms with van der Waals surface area (Å²) in [6.07, 6.45) is 13.9. The van der Waals surface area contributed by atoms with Gasteiger partial charge in [0.25, 0.3) is 0 Å². The van der Waals surface area contributed by atoms with E-state index in [0.29, 0.717) is 0 Å². The molecule has 0 atom stereocenters. The van der Waals surface area contributed by atoms with E-state index in [1.807, 2.05) is 0 Å². The molecule has 0 fully saturated rings. The molecule has 1 aliphatic heterocycles. The molecule has 0 aromatic heterocycles. The van der Waals surface area contributed by atoms with Crippen LogP contribution in [0.25, 0.3) is 38.6 Å². The Kier molecular flexibility index (Phi) is 9.78. The maximum Gasteiger partial charge on any atom is 0.197 e. The lowest BCUT2D eigenvalue weighted by atomic mass is 9.57. The van der Waals surface area contributed by atoms with Crippen molar-refractivity contribution in [1.82, 2.24) is 0 Å². The molecule has 0 amide bonds. The average Bonchev–Trinajstić information content (AvgIpc) is 3.31. The van der Waals surface area contributed by atoms with Crippen LogP contribution in [0.4, 0.5) is 28.4 Å². The number of nitrogens with zero attached hydrogens (tertiary/aromatic N) is 1. The molecule has 7 aromatic rings. The summed E-state index contributed by atoms with van der Waals surface area (Å²) in [4.78, 5) is 2.55. The van der Waals surface area contributed by atoms with Crippen molar-refractivity contribution in [3.63, 3.8) is 0 Å². The molecular formula is C62H62BN2. The topological polar surface area (TPSA) is 15.3 Å². The minimum Gasteiger partial charge on any atom is -0.355 e. The smallest absolute Gasteiger partial charge is 0.197 e. The zero-order chi connectivity index (χ0) is 44.9. The largest absolute Gasteiger partial charge is 0.355 e. The second kappa shape index (κ2) is 15.3. The van der Waals surface area contributed by atoms with Gasteiger partial charge in [0, 0.05) is 39.4 Å². The monoisotopic (exact) mass is 846 g/mol. The third kappa shape index (κ3) is 7.18. The van der Waals surface area contributed by atoms with Crippen LogP contribution >= 0.6 is 0 Å². The fourth-order valence-electron chi connectivity index (χ4n) is 11.6. The van der Waals surface area contributed by atoms with Gasteiger partial charge in [-0.3, -0.25) is 0 Å². The fraction of sp³-hybridized carbons (Fsp3) is 0.290. The van der Waals surface area contributed by atoms with E-state index in [4.69, 9.17) is 0 Å². The Balaban J connectivity index is 1.16. The van der Waals surface area contributed by atoms with Gasteiger partial charge in [0.15, 0.2) is 7.28 Å². The Labute approximate surface area is 388 Å². The van der Waals surface area contributed by atoms with Crippen molar-refractivity contribution in [3.8, 4) is 22.3 Å². The van der Waals surface area contributed by atoms with Gasteiger partial charge in [-0.2, -0.15) is 0 Å². The molecular weight excluding hydrogens is 784 g/mol. The van der Waals surface area contributed by atoms with Crippen molar-refractivity contribution >= 4 is 63.0 Å². The van der Waals surface area contributed by atoms with Crippen LogP contribution in [0.2, 0.25) is 0 Å². The van der Waals surface area contributed by atoms with E-state index in [0.717, 1.165) is 37.1 Å². The van der Waals surface area contributed by atoms with E-state index in [1.54, 1.807) is 0 Å². The van der Waals surface area contributed by atoms with E-state index < -0.39 is 0 Å². The van der Waals surface area contributed by atoms with Gasteiger partial charge < -0.3 is 10.2 Å². The average molecular weight is 846 g/mol. The van der Waals surface area contributed by atoms with Crippen LogP contribution < -0.4 is 21.1 Å². The molecule has 0 saturated carbocycles. The molecule has 65 heavy (non-hydrogen) atoms. The first-order valence-corrected chi connectivity index (χ1v) is 24.2. The zero-order valence-electron chi connectivity index (χ0n) is 39.7. The summed E-state index contributed by atoms with van der Waals surface area (Å²) < 4.78 is 0. The first-order chi connectivity index (χ1) is 31.2. The number of fused-ring (bicyclic) bond motifs is 6. The van der Waals surface area contributed by atoms with Crippen molar-refractivity contribution < 1.29 is 0 Å². The summed E-state index contributed by atoms with van der Waals surface area (Å²) in [5.74, 6) is 0. The Morgan fingerprint density at radius 2 is 1.17 bits per heavy atom. The first kappa shape index (κ1) is 41.6. The van der Waals surface area contributed by atoms with Gasteiger partial charge >= 0.3 is 0 Å². The third-order valence-electron chi connectivity index (χ3n) is 15.8.